The lowest BCUT2D eigenvalue weighted by Crippen LogP contribution is -2.31. The third-order valence-electron chi connectivity index (χ3n) is 3.35. The SMILES string of the molecule is C=CC(=O)OCC(COC(=O)C(=C)C)OC(=O)CCC(=O)OCC(O)COC(=O)C(=C)C. The van der Waals surface area contributed by atoms with Gasteiger partial charge in [0, 0.05) is 17.2 Å². The van der Waals surface area contributed by atoms with E-state index in [9.17, 15) is 29.1 Å². The van der Waals surface area contributed by atoms with Gasteiger partial charge in [0.2, 0.25) is 0 Å². The Morgan fingerprint density at radius 2 is 1.25 bits per heavy atom. The maximum absolute atomic E-state index is 12.0. The zero-order chi connectivity index (χ0) is 24.7. The predicted molar refractivity (Wildman–Crippen MR) is 109 cm³/mol. The largest absolute Gasteiger partial charge is 0.463 e. The van der Waals surface area contributed by atoms with Gasteiger partial charge in [0.05, 0.1) is 12.8 Å². The maximum Gasteiger partial charge on any atom is 0.333 e. The molecule has 2 atom stereocenters. The van der Waals surface area contributed by atoms with E-state index in [0.717, 1.165) is 6.08 Å². The van der Waals surface area contributed by atoms with Gasteiger partial charge in [-0.2, -0.15) is 0 Å². The molecule has 0 saturated carbocycles. The quantitative estimate of drug-likeness (QED) is 0.209. The van der Waals surface area contributed by atoms with Crippen molar-refractivity contribution in [3.8, 4) is 0 Å². The first-order valence-electron chi connectivity index (χ1n) is 9.43. The van der Waals surface area contributed by atoms with Gasteiger partial charge in [0.25, 0.3) is 0 Å². The van der Waals surface area contributed by atoms with Gasteiger partial charge in [-0.3, -0.25) is 9.59 Å². The summed E-state index contributed by atoms with van der Waals surface area (Å²) in [7, 11) is 0. The molecule has 32 heavy (non-hydrogen) atoms. The Kier molecular flexibility index (Phi) is 13.7. The molecule has 11 nitrogen and oxygen atoms in total. The van der Waals surface area contributed by atoms with Gasteiger partial charge in [-0.15, -0.1) is 0 Å². The second kappa shape index (κ2) is 15.3. The molecule has 0 aromatic rings. The van der Waals surface area contributed by atoms with E-state index in [1.807, 2.05) is 0 Å². The summed E-state index contributed by atoms with van der Waals surface area (Å²) in [6.07, 6.45) is -2.22. The van der Waals surface area contributed by atoms with Crippen molar-refractivity contribution in [3.05, 3.63) is 37.0 Å². The van der Waals surface area contributed by atoms with Crippen LogP contribution < -0.4 is 0 Å². The summed E-state index contributed by atoms with van der Waals surface area (Å²) in [5, 5.41) is 9.62. The van der Waals surface area contributed by atoms with Crippen LogP contribution in [0.4, 0.5) is 0 Å². The van der Waals surface area contributed by atoms with Gasteiger partial charge >= 0.3 is 29.8 Å². The van der Waals surface area contributed by atoms with Crippen molar-refractivity contribution in [2.45, 2.75) is 38.9 Å². The van der Waals surface area contributed by atoms with Crippen LogP contribution in [-0.4, -0.2) is 73.6 Å². The van der Waals surface area contributed by atoms with Gasteiger partial charge in [-0.05, 0) is 13.8 Å². The van der Waals surface area contributed by atoms with Crippen molar-refractivity contribution >= 4 is 29.8 Å². The highest BCUT2D eigenvalue weighted by Gasteiger charge is 2.20. The van der Waals surface area contributed by atoms with Crippen molar-refractivity contribution in [2.24, 2.45) is 0 Å². The molecular formula is C21H28O11. The van der Waals surface area contributed by atoms with Crippen LogP contribution in [-0.2, 0) is 47.7 Å². The van der Waals surface area contributed by atoms with Crippen LogP contribution in [0.2, 0.25) is 0 Å². The molecule has 0 spiro atoms. The Labute approximate surface area is 185 Å². The molecule has 0 fully saturated rings. The van der Waals surface area contributed by atoms with Gasteiger partial charge < -0.3 is 28.8 Å². The van der Waals surface area contributed by atoms with Crippen molar-refractivity contribution in [1.82, 2.24) is 0 Å². The standard InChI is InChI=1S/C21H28O11/c1-6-17(23)29-11-16(12-31-21(27)14(4)5)32-19(25)8-7-18(24)28-9-15(22)10-30-20(26)13(2)3/h6,15-16,22H,1-2,4,7-12H2,3,5H3. The van der Waals surface area contributed by atoms with Gasteiger partial charge in [-0.25, -0.2) is 14.4 Å². The fourth-order valence-electron chi connectivity index (χ4n) is 1.70. The molecule has 0 rings (SSSR count). The molecule has 0 radical (unpaired) electrons. The summed E-state index contributed by atoms with van der Waals surface area (Å²) in [6, 6.07) is 0. The summed E-state index contributed by atoms with van der Waals surface area (Å²) < 4.78 is 24.2. The van der Waals surface area contributed by atoms with Crippen LogP contribution in [0.3, 0.4) is 0 Å². The summed E-state index contributed by atoms with van der Waals surface area (Å²) >= 11 is 0. The molecule has 0 aromatic carbocycles. The number of esters is 5. The summed E-state index contributed by atoms with van der Waals surface area (Å²) in [4.78, 5) is 57.6. The van der Waals surface area contributed by atoms with E-state index in [4.69, 9.17) is 23.7 Å². The van der Waals surface area contributed by atoms with Crippen LogP contribution in [0, 0.1) is 0 Å². The van der Waals surface area contributed by atoms with Crippen LogP contribution in [0.25, 0.3) is 0 Å². The topological polar surface area (TPSA) is 152 Å². The van der Waals surface area contributed by atoms with E-state index >= 15 is 0 Å². The minimum absolute atomic E-state index is 0.123. The first kappa shape index (κ1) is 28.5. The third kappa shape index (κ3) is 13.7. The molecular weight excluding hydrogens is 428 g/mol. The number of carbonyl (C=O) groups is 5. The molecule has 0 aliphatic carbocycles. The zero-order valence-electron chi connectivity index (χ0n) is 18.1. The lowest BCUT2D eigenvalue weighted by molar-refractivity contribution is -0.165. The predicted octanol–water partition coefficient (Wildman–Crippen LogP) is 0.550. The molecule has 2 unspecified atom stereocenters. The lowest BCUT2D eigenvalue weighted by Gasteiger charge is -2.17. The Bertz CT molecular complexity index is 738. The van der Waals surface area contributed by atoms with E-state index in [1.165, 1.54) is 13.8 Å². The summed E-state index contributed by atoms with van der Waals surface area (Å²) in [6.45, 7) is 11.2. The molecule has 1 N–H and O–H groups in total. The normalized spacial score (nSPS) is 11.8. The van der Waals surface area contributed by atoms with Crippen LogP contribution in [0.5, 0.6) is 0 Å². The molecule has 0 heterocycles. The van der Waals surface area contributed by atoms with Crippen LogP contribution in [0.1, 0.15) is 26.7 Å². The number of carbonyl (C=O) groups excluding carboxylic acids is 5. The van der Waals surface area contributed by atoms with Gasteiger partial charge in [-0.1, -0.05) is 19.7 Å². The average Bonchev–Trinajstić information content (AvgIpc) is 2.75. The monoisotopic (exact) mass is 456 g/mol. The molecule has 0 aromatic heterocycles. The third-order valence-corrected chi connectivity index (χ3v) is 3.35. The average molecular weight is 456 g/mol. The smallest absolute Gasteiger partial charge is 0.333 e. The lowest BCUT2D eigenvalue weighted by atomic mass is 10.3. The molecule has 0 amide bonds. The van der Waals surface area contributed by atoms with E-state index in [-0.39, 0.29) is 24.0 Å². The minimum atomic E-state index is -1.25. The molecule has 0 bridgehead atoms. The Hall–Kier alpha value is -3.47. The second-order valence-corrected chi connectivity index (χ2v) is 6.54. The van der Waals surface area contributed by atoms with Crippen molar-refractivity contribution in [1.29, 1.82) is 0 Å². The zero-order valence-corrected chi connectivity index (χ0v) is 18.1. The highest BCUT2D eigenvalue weighted by molar-refractivity contribution is 5.87. The first-order chi connectivity index (χ1) is 15.0. The first-order valence-corrected chi connectivity index (χ1v) is 9.43. The Balaban J connectivity index is 4.43. The molecule has 178 valence electrons. The number of hydrogen-bond acceptors (Lipinski definition) is 11. The Morgan fingerprint density at radius 3 is 1.78 bits per heavy atom. The van der Waals surface area contributed by atoms with Gasteiger partial charge in [0.15, 0.2) is 6.10 Å². The molecule has 0 aliphatic heterocycles. The number of aliphatic hydroxyl groups excluding tert-OH is 1. The van der Waals surface area contributed by atoms with Gasteiger partial charge in [0.1, 0.15) is 32.5 Å². The maximum atomic E-state index is 12.0. The fraction of sp³-hybridized carbons (Fsp3) is 0.476. The highest BCUT2D eigenvalue weighted by atomic mass is 16.6. The summed E-state index contributed by atoms with van der Waals surface area (Å²) in [5.41, 5.74) is 0.275. The number of aliphatic hydroxyl groups is 1. The number of hydrogen-bond donors (Lipinski definition) is 1. The van der Waals surface area contributed by atoms with Crippen molar-refractivity contribution in [3.63, 3.8) is 0 Å². The van der Waals surface area contributed by atoms with Crippen LogP contribution >= 0.6 is 0 Å². The second-order valence-electron chi connectivity index (χ2n) is 6.54. The van der Waals surface area contributed by atoms with E-state index < -0.39 is 68.5 Å². The van der Waals surface area contributed by atoms with E-state index in [1.54, 1.807) is 0 Å². The molecule has 0 aliphatic rings. The fourth-order valence-corrected chi connectivity index (χ4v) is 1.70. The van der Waals surface area contributed by atoms with E-state index in [0.29, 0.717) is 0 Å². The van der Waals surface area contributed by atoms with E-state index in [2.05, 4.69) is 19.7 Å². The van der Waals surface area contributed by atoms with Crippen LogP contribution in [0.15, 0.2) is 37.0 Å². The molecule has 11 heteroatoms. The minimum Gasteiger partial charge on any atom is -0.463 e. The summed E-state index contributed by atoms with van der Waals surface area (Å²) in [5.74, 6) is -3.84. The van der Waals surface area contributed by atoms with Crippen molar-refractivity contribution < 1.29 is 52.8 Å². The number of rotatable bonds is 15. The number of ether oxygens (including phenoxy) is 5. The highest BCUT2D eigenvalue weighted by Crippen LogP contribution is 2.04. The van der Waals surface area contributed by atoms with Crippen molar-refractivity contribution in [2.75, 3.05) is 26.4 Å². The Morgan fingerprint density at radius 1 is 0.781 bits per heavy atom. The molecule has 0 saturated heterocycles.